The normalized spacial score (nSPS) is 11.0. The molecule has 0 saturated carbocycles. The van der Waals surface area contributed by atoms with Crippen molar-refractivity contribution in [2.45, 2.75) is 6.61 Å². The first-order valence-electron chi connectivity index (χ1n) is 3.64. The Hall–Kier alpha value is -0.580. The predicted octanol–water partition coefficient (Wildman–Crippen LogP) is 2.24. The Kier molecular flexibility index (Phi) is 2.27. The summed E-state index contributed by atoms with van der Waals surface area (Å²) >= 11 is 9.18. The van der Waals surface area contributed by atoms with E-state index in [4.69, 9.17) is 16.7 Å². The number of fused-ring (bicyclic) bond motifs is 1. The number of halogens is 2. The molecule has 0 aliphatic carbocycles. The summed E-state index contributed by atoms with van der Waals surface area (Å²) in [5.41, 5.74) is 1.39. The van der Waals surface area contributed by atoms with E-state index in [9.17, 15) is 0 Å². The maximum atomic E-state index is 8.87. The lowest BCUT2D eigenvalue weighted by Gasteiger charge is -1.96. The molecule has 2 aromatic heterocycles. The molecule has 0 aromatic carbocycles. The number of aliphatic hydroxyl groups is 1. The van der Waals surface area contributed by atoms with Crippen LogP contribution in [0.3, 0.4) is 0 Å². The molecular formula is C8H6BrClN2O. The number of aliphatic hydroxyl groups excluding tert-OH is 1. The standard InChI is InChI=1S/C8H6BrClN2O/c9-7-1-5(10)2-12-3-6(4-13)11-8(7)12/h1-3,13H,4H2. The predicted molar refractivity (Wildman–Crippen MR) is 53.8 cm³/mol. The van der Waals surface area contributed by atoms with Crippen LogP contribution in [0.5, 0.6) is 0 Å². The van der Waals surface area contributed by atoms with Gasteiger partial charge in [-0.15, -0.1) is 0 Å². The quantitative estimate of drug-likeness (QED) is 0.855. The number of rotatable bonds is 1. The van der Waals surface area contributed by atoms with Crippen LogP contribution >= 0.6 is 27.5 Å². The van der Waals surface area contributed by atoms with Gasteiger partial charge in [0.25, 0.3) is 0 Å². The minimum Gasteiger partial charge on any atom is -0.390 e. The molecule has 0 amide bonds. The van der Waals surface area contributed by atoms with Crippen LogP contribution in [0.4, 0.5) is 0 Å². The zero-order valence-corrected chi connectivity index (χ0v) is 8.88. The smallest absolute Gasteiger partial charge is 0.151 e. The van der Waals surface area contributed by atoms with Crippen LogP contribution in [-0.2, 0) is 6.61 Å². The number of imidazole rings is 1. The molecule has 2 rings (SSSR count). The molecule has 3 nitrogen and oxygen atoms in total. The topological polar surface area (TPSA) is 37.5 Å². The number of nitrogens with zero attached hydrogens (tertiary/aromatic N) is 2. The van der Waals surface area contributed by atoms with E-state index in [2.05, 4.69) is 20.9 Å². The third-order valence-corrected chi connectivity index (χ3v) is 2.48. The summed E-state index contributed by atoms with van der Waals surface area (Å²) in [6.07, 6.45) is 3.49. The Morgan fingerprint density at radius 1 is 1.54 bits per heavy atom. The van der Waals surface area contributed by atoms with E-state index in [-0.39, 0.29) is 6.61 Å². The van der Waals surface area contributed by atoms with Crippen molar-refractivity contribution in [3.63, 3.8) is 0 Å². The maximum absolute atomic E-state index is 8.87. The van der Waals surface area contributed by atoms with Gasteiger partial charge in [-0.3, -0.25) is 0 Å². The third kappa shape index (κ3) is 1.57. The molecule has 0 atom stereocenters. The highest BCUT2D eigenvalue weighted by Gasteiger charge is 2.04. The second kappa shape index (κ2) is 3.29. The van der Waals surface area contributed by atoms with Crippen LogP contribution in [0.2, 0.25) is 5.02 Å². The number of aromatic nitrogens is 2. The molecule has 13 heavy (non-hydrogen) atoms. The highest BCUT2D eigenvalue weighted by molar-refractivity contribution is 9.10. The molecule has 0 unspecified atom stereocenters. The van der Waals surface area contributed by atoms with Crippen LogP contribution in [0, 0.1) is 0 Å². The van der Waals surface area contributed by atoms with Crippen LogP contribution in [0.25, 0.3) is 5.65 Å². The average Bonchev–Trinajstić information content (AvgIpc) is 2.47. The largest absolute Gasteiger partial charge is 0.390 e. The number of hydrogen-bond donors (Lipinski definition) is 1. The molecule has 2 aromatic rings. The minimum absolute atomic E-state index is 0.0638. The van der Waals surface area contributed by atoms with Gasteiger partial charge < -0.3 is 9.51 Å². The molecule has 5 heteroatoms. The van der Waals surface area contributed by atoms with Crippen LogP contribution in [0.15, 0.2) is 22.9 Å². The van der Waals surface area contributed by atoms with Crippen LogP contribution < -0.4 is 0 Å². The maximum Gasteiger partial charge on any atom is 0.151 e. The van der Waals surface area contributed by atoms with Gasteiger partial charge in [0.15, 0.2) is 5.65 Å². The zero-order chi connectivity index (χ0) is 9.42. The monoisotopic (exact) mass is 260 g/mol. The zero-order valence-electron chi connectivity index (χ0n) is 6.54. The van der Waals surface area contributed by atoms with E-state index in [1.165, 1.54) is 0 Å². The van der Waals surface area contributed by atoms with Gasteiger partial charge in [-0.2, -0.15) is 0 Å². The Morgan fingerprint density at radius 3 is 3.00 bits per heavy atom. The van der Waals surface area contributed by atoms with Gasteiger partial charge in [-0.25, -0.2) is 4.98 Å². The molecule has 0 saturated heterocycles. The highest BCUT2D eigenvalue weighted by Crippen LogP contribution is 2.22. The van der Waals surface area contributed by atoms with E-state index in [0.29, 0.717) is 10.7 Å². The fourth-order valence-corrected chi connectivity index (χ4v) is 2.04. The van der Waals surface area contributed by atoms with Gasteiger partial charge in [-0.05, 0) is 22.0 Å². The van der Waals surface area contributed by atoms with Crippen molar-refractivity contribution in [2.24, 2.45) is 0 Å². The lowest BCUT2D eigenvalue weighted by atomic mass is 10.5. The van der Waals surface area contributed by atoms with Gasteiger partial charge in [0.1, 0.15) is 0 Å². The van der Waals surface area contributed by atoms with Crippen molar-refractivity contribution >= 4 is 33.2 Å². The van der Waals surface area contributed by atoms with Crippen molar-refractivity contribution < 1.29 is 5.11 Å². The molecule has 2 heterocycles. The molecule has 0 aliphatic heterocycles. The minimum atomic E-state index is -0.0638. The van der Waals surface area contributed by atoms with Gasteiger partial charge >= 0.3 is 0 Å². The molecule has 1 N–H and O–H groups in total. The Bertz CT molecular complexity index is 455. The molecule has 0 spiro atoms. The summed E-state index contributed by atoms with van der Waals surface area (Å²) in [6.45, 7) is -0.0638. The van der Waals surface area contributed by atoms with Crippen molar-refractivity contribution in [1.82, 2.24) is 9.38 Å². The van der Waals surface area contributed by atoms with Crippen molar-refractivity contribution in [1.29, 1.82) is 0 Å². The second-order valence-corrected chi connectivity index (χ2v) is 3.92. The van der Waals surface area contributed by atoms with Crippen molar-refractivity contribution in [3.05, 3.63) is 33.6 Å². The summed E-state index contributed by atoms with van der Waals surface area (Å²) < 4.78 is 2.59. The SMILES string of the molecule is OCc1cn2cc(Cl)cc(Br)c2n1. The number of pyridine rings is 1. The van der Waals surface area contributed by atoms with Crippen molar-refractivity contribution in [2.75, 3.05) is 0 Å². The van der Waals surface area contributed by atoms with Crippen LogP contribution in [0.1, 0.15) is 5.69 Å². The van der Waals surface area contributed by atoms with Crippen molar-refractivity contribution in [3.8, 4) is 0 Å². The Morgan fingerprint density at radius 2 is 2.31 bits per heavy atom. The average molecular weight is 262 g/mol. The summed E-state index contributed by atoms with van der Waals surface area (Å²) in [6, 6.07) is 1.77. The fraction of sp³-hybridized carbons (Fsp3) is 0.125. The molecule has 0 aliphatic rings. The van der Waals surface area contributed by atoms with Gasteiger partial charge in [0.2, 0.25) is 0 Å². The van der Waals surface area contributed by atoms with E-state index in [0.717, 1.165) is 10.1 Å². The summed E-state index contributed by atoms with van der Waals surface area (Å²) in [4.78, 5) is 4.18. The first-order chi connectivity index (χ1) is 6.20. The van der Waals surface area contributed by atoms with Crippen LogP contribution in [-0.4, -0.2) is 14.5 Å². The second-order valence-electron chi connectivity index (χ2n) is 2.63. The Labute approximate surface area is 88.1 Å². The van der Waals surface area contributed by atoms with E-state index in [1.807, 2.05) is 0 Å². The lowest BCUT2D eigenvalue weighted by molar-refractivity contribution is 0.277. The number of hydrogen-bond acceptors (Lipinski definition) is 2. The van der Waals surface area contributed by atoms with Gasteiger partial charge in [-0.1, -0.05) is 11.6 Å². The van der Waals surface area contributed by atoms with E-state index >= 15 is 0 Å². The molecule has 0 fully saturated rings. The summed E-state index contributed by atoms with van der Waals surface area (Å²) in [5, 5.41) is 9.50. The van der Waals surface area contributed by atoms with E-state index < -0.39 is 0 Å². The first-order valence-corrected chi connectivity index (χ1v) is 4.81. The Balaban J connectivity index is 2.75. The van der Waals surface area contributed by atoms with E-state index in [1.54, 1.807) is 22.9 Å². The molecule has 68 valence electrons. The fourth-order valence-electron chi connectivity index (χ4n) is 1.15. The molecule has 0 radical (unpaired) electrons. The lowest BCUT2D eigenvalue weighted by Crippen LogP contribution is -1.83. The first kappa shape index (κ1) is 8.99. The molecular weight excluding hydrogens is 255 g/mol. The molecule has 0 bridgehead atoms. The summed E-state index contributed by atoms with van der Waals surface area (Å²) in [7, 11) is 0. The third-order valence-electron chi connectivity index (χ3n) is 1.68. The summed E-state index contributed by atoms with van der Waals surface area (Å²) in [5.74, 6) is 0. The van der Waals surface area contributed by atoms with Gasteiger partial charge in [0.05, 0.1) is 21.8 Å². The van der Waals surface area contributed by atoms with Gasteiger partial charge in [0, 0.05) is 12.4 Å². The highest BCUT2D eigenvalue weighted by atomic mass is 79.9.